The van der Waals surface area contributed by atoms with E-state index in [1.807, 2.05) is 0 Å². The van der Waals surface area contributed by atoms with Gasteiger partial charge in [-0.15, -0.1) is 0 Å². The lowest BCUT2D eigenvalue weighted by Gasteiger charge is -2.30. The van der Waals surface area contributed by atoms with Crippen molar-refractivity contribution in [1.82, 2.24) is 0 Å². The molecule has 0 spiro atoms. The highest BCUT2D eigenvalue weighted by molar-refractivity contribution is 4.73. The summed E-state index contributed by atoms with van der Waals surface area (Å²) in [6, 6.07) is 0. The average Bonchev–Trinajstić information content (AvgIpc) is 2.03. The molecule has 0 aromatic carbocycles. The molecule has 0 aliphatic rings. The molecular formula is C13H28. The Bertz CT molecular complexity index is 122. The highest BCUT2D eigenvalue weighted by atomic mass is 14.3. The number of rotatable bonds is 6. The van der Waals surface area contributed by atoms with E-state index in [-0.39, 0.29) is 0 Å². The van der Waals surface area contributed by atoms with E-state index in [1.54, 1.807) is 0 Å². The second-order valence-corrected chi connectivity index (χ2v) is 5.51. The molecule has 0 bridgehead atoms. The van der Waals surface area contributed by atoms with Gasteiger partial charge in [-0.05, 0) is 23.7 Å². The Morgan fingerprint density at radius 1 is 1.08 bits per heavy atom. The molecule has 0 nitrogen and oxygen atoms in total. The summed E-state index contributed by atoms with van der Waals surface area (Å²) in [5.41, 5.74) is 0.546. The fraction of sp³-hybridized carbons (Fsp3) is 1.00. The van der Waals surface area contributed by atoms with Crippen molar-refractivity contribution in [2.45, 2.75) is 67.2 Å². The van der Waals surface area contributed by atoms with E-state index in [1.165, 1.54) is 25.7 Å². The Morgan fingerprint density at radius 3 is 1.92 bits per heavy atom. The summed E-state index contributed by atoms with van der Waals surface area (Å²) >= 11 is 0. The van der Waals surface area contributed by atoms with E-state index in [0.717, 1.165) is 11.8 Å². The first-order chi connectivity index (χ1) is 5.93. The van der Waals surface area contributed by atoms with Crippen LogP contribution < -0.4 is 0 Å². The molecule has 0 aliphatic carbocycles. The Labute approximate surface area is 85.1 Å². The predicted molar refractivity (Wildman–Crippen MR) is 61.9 cm³/mol. The first kappa shape index (κ1) is 13.0. The van der Waals surface area contributed by atoms with Crippen LogP contribution in [-0.2, 0) is 0 Å². The molecule has 0 saturated heterocycles. The lowest BCUT2D eigenvalue weighted by molar-refractivity contribution is 0.206. The van der Waals surface area contributed by atoms with Crippen LogP contribution in [0.3, 0.4) is 0 Å². The van der Waals surface area contributed by atoms with Crippen LogP contribution >= 0.6 is 0 Å². The number of hydrogen-bond acceptors (Lipinski definition) is 0. The molecule has 0 saturated carbocycles. The van der Waals surface area contributed by atoms with Gasteiger partial charge in [0.25, 0.3) is 0 Å². The molecule has 0 aliphatic heterocycles. The van der Waals surface area contributed by atoms with E-state index in [2.05, 4.69) is 41.5 Å². The maximum Gasteiger partial charge on any atom is -0.0354 e. The van der Waals surface area contributed by atoms with Crippen molar-refractivity contribution >= 4 is 0 Å². The standard InChI is InChI=1S/C13H28/c1-7-9-12(11(3)4)10-13(5,6)8-2/h11-12H,7-10H2,1-6H3. The summed E-state index contributed by atoms with van der Waals surface area (Å²) in [5, 5.41) is 0. The maximum atomic E-state index is 2.40. The second-order valence-electron chi connectivity index (χ2n) is 5.51. The van der Waals surface area contributed by atoms with Crippen LogP contribution in [0.25, 0.3) is 0 Å². The average molecular weight is 184 g/mol. The lowest BCUT2D eigenvalue weighted by Crippen LogP contribution is -2.19. The first-order valence-corrected chi connectivity index (χ1v) is 5.93. The van der Waals surface area contributed by atoms with Gasteiger partial charge in [0, 0.05) is 0 Å². The first-order valence-electron chi connectivity index (χ1n) is 5.93. The normalized spacial score (nSPS) is 15.0. The highest BCUT2D eigenvalue weighted by Crippen LogP contribution is 2.34. The molecule has 0 heterocycles. The molecule has 0 aromatic heterocycles. The Hall–Kier alpha value is 0. The van der Waals surface area contributed by atoms with Gasteiger partial charge >= 0.3 is 0 Å². The van der Waals surface area contributed by atoms with Crippen LogP contribution in [0.1, 0.15) is 67.2 Å². The zero-order chi connectivity index (χ0) is 10.5. The van der Waals surface area contributed by atoms with Crippen LogP contribution in [0, 0.1) is 17.3 Å². The quantitative estimate of drug-likeness (QED) is 0.551. The van der Waals surface area contributed by atoms with Gasteiger partial charge in [0.1, 0.15) is 0 Å². The Balaban J connectivity index is 4.08. The van der Waals surface area contributed by atoms with Crippen LogP contribution in [0.15, 0.2) is 0 Å². The van der Waals surface area contributed by atoms with Crippen molar-refractivity contribution in [2.75, 3.05) is 0 Å². The van der Waals surface area contributed by atoms with Gasteiger partial charge in [-0.25, -0.2) is 0 Å². The second kappa shape index (κ2) is 5.67. The van der Waals surface area contributed by atoms with E-state index in [9.17, 15) is 0 Å². The van der Waals surface area contributed by atoms with Crippen LogP contribution in [0.2, 0.25) is 0 Å². The molecule has 0 aromatic rings. The van der Waals surface area contributed by atoms with Gasteiger partial charge in [-0.3, -0.25) is 0 Å². The minimum Gasteiger partial charge on any atom is -0.0654 e. The van der Waals surface area contributed by atoms with E-state index in [4.69, 9.17) is 0 Å². The van der Waals surface area contributed by atoms with Crippen molar-refractivity contribution < 1.29 is 0 Å². The van der Waals surface area contributed by atoms with E-state index >= 15 is 0 Å². The Morgan fingerprint density at radius 2 is 1.62 bits per heavy atom. The summed E-state index contributed by atoms with van der Waals surface area (Å²) < 4.78 is 0. The van der Waals surface area contributed by atoms with Crippen molar-refractivity contribution in [1.29, 1.82) is 0 Å². The third-order valence-corrected chi connectivity index (χ3v) is 3.37. The molecular weight excluding hydrogens is 156 g/mol. The summed E-state index contributed by atoms with van der Waals surface area (Å²) in [7, 11) is 0. The molecule has 1 unspecified atom stereocenters. The van der Waals surface area contributed by atoms with Crippen LogP contribution in [0.4, 0.5) is 0 Å². The molecule has 13 heavy (non-hydrogen) atoms. The molecule has 0 amide bonds. The zero-order valence-corrected chi connectivity index (χ0v) is 10.5. The summed E-state index contributed by atoms with van der Waals surface area (Å²) in [4.78, 5) is 0. The fourth-order valence-electron chi connectivity index (χ4n) is 1.90. The van der Waals surface area contributed by atoms with E-state index in [0.29, 0.717) is 5.41 Å². The van der Waals surface area contributed by atoms with Gasteiger partial charge in [-0.1, -0.05) is 60.8 Å². The lowest BCUT2D eigenvalue weighted by atomic mass is 9.75. The van der Waals surface area contributed by atoms with Gasteiger partial charge in [0.2, 0.25) is 0 Å². The number of hydrogen-bond donors (Lipinski definition) is 0. The minimum atomic E-state index is 0.546. The summed E-state index contributed by atoms with van der Waals surface area (Å²) in [6.45, 7) is 14.1. The van der Waals surface area contributed by atoms with Crippen molar-refractivity contribution in [3.05, 3.63) is 0 Å². The molecule has 0 fully saturated rings. The predicted octanol–water partition coefficient (Wildman–Crippen LogP) is 4.89. The van der Waals surface area contributed by atoms with Crippen LogP contribution in [0.5, 0.6) is 0 Å². The topological polar surface area (TPSA) is 0 Å². The smallest absolute Gasteiger partial charge is 0.0354 e. The zero-order valence-electron chi connectivity index (χ0n) is 10.5. The van der Waals surface area contributed by atoms with Gasteiger partial charge in [-0.2, -0.15) is 0 Å². The molecule has 0 rings (SSSR count). The maximum absolute atomic E-state index is 2.40. The molecule has 0 radical (unpaired) electrons. The third kappa shape index (κ3) is 5.33. The van der Waals surface area contributed by atoms with Crippen molar-refractivity contribution in [2.24, 2.45) is 17.3 Å². The van der Waals surface area contributed by atoms with Crippen LogP contribution in [-0.4, -0.2) is 0 Å². The molecule has 0 heteroatoms. The molecule has 80 valence electrons. The molecule has 0 N–H and O–H groups in total. The van der Waals surface area contributed by atoms with Gasteiger partial charge in [0.05, 0.1) is 0 Å². The van der Waals surface area contributed by atoms with Crippen molar-refractivity contribution in [3.63, 3.8) is 0 Å². The third-order valence-electron chi connectivity index (χ3n) is 3.37. The minimum absolute atomic E-state index is 0.546. The summed E-state index contributed by atoms with van der Waals surface area (Å²) in [5.74, 6) is 1.78. The monoisotopic (exact) mass is 184 g/mol. The van der Waals surface area contributed by atoms with Gasteiger partial charge < -0.3 is 0 Å². The largest absolute Gasteiger partial charge is 0.0654 e. The SMILES string of the molecule is CCCC(CC(C)(C)CC)C(C)C. The van der Waals surface area contributed by atoms with Crippen molar-refractivity contribution in [3.8, 4) is 0 Å². The summed E-state index contributed by atoms with van der Waals surface area (Å²) in [6.07, 6.45) is 5.44. The van der Waals surface area contributed by atoms with E-state index < -0.39 is 0 Å². The molecule has 1 atom stereocenters. The van der Waals surface area contributed by atoms with Gasteiger partial charge in [0.15, 0.2) is 0 Å². The fourth-order valence-corrected chi connectivity index (χ4v) is 1.90. The Kier molecular flexibility index (Phi) is 5.67. The highest BCUT2D eigenvalue weighted by Gasteiger charge is 2.22.